The van der Waals surface area contributed by atoms with Crippen LogP contribution in [0, 0.1) is 0 Å². The van der Waals surface area contributed by atoms with Gasteiger partial charge in [-0.25, -0.2) is 4.79 Å². The molecule has 1 aliphatic heterocycles. The van der Waals surface area contributed by atoms with E-state index in [9.17, 15) is 9.59 Å². The lowest BCUT2D eigenvalue weighted by molar-refractivity contribution is -0.118. The third kappa shape index (κ3) is 4.21. The van der Waals surface area contributed by atoms with Gasteiger partial charge in [-0.1, -0.05) is 31.0 Å². The normalized spacial score (nSPS) is 13.2. The number of carbonyl (C=O) groups excluding carboxylic acids is 1. The van der Waals surface area contributed by atoms with Gasteiger partial charge in [0.2, 0.25) is 5.91 Å². The Morgan fingerprint density at radius 2 is 1.90 bits per heavy atom. The highest BCUT2D eigenvalue weighted by Crippen LogP contribution is 2.27. The van der Waals surface area contributed by atoms with Crippen molar-refractivity contribution in [1.82, 2.24) is 4.90 Å². The van der Waals surface area contributed by atoms with Crippen LogP contribution < -0.4 is 5.73 Å². The number of unbranched alkanes of at least 4 members (excludes halogenated alkanes) is 3. The van der Waals surface area contributed by atoms with Crippen molar-refractivity contribution < 1.29 is 14.7 Å². The van der Waals surface area contributed by atoms with E-state index >= 15 is 0 Å². The van der Waals surface area contributed by atoms with Gasteiger partial charge in [0, 0.05) is 19.5 Å². The van der Waals surface area contributed by atoms with Gasteiger partial charge in [-0.05, 0) is 36.0 Å². The Hall–Kier alpha value is -2.04. The molecule has 1 aromatic carbocycles. The van der Waals surface area contributed by atoms with Crippen LogP contribution in [0.2, 0.25) is 0 Å². The summed E-state index contributed by atoms with van der Waals surface area (Å²) in [7, 11) is 0. The summed E-state index contributed by atoms with van der Waals surface area (Å²) >= 11 is 0. The number of aryl methyl sites for hydroxylation is 1. The van der Waals surface area contributed by atoms with E-state index in [1.165, 1.54) is 16.0 Å². The number of carboxylic acid groups (broad SMARTS) is 1. The molecule has 0 unspecified atom stereocenters. The number of rotatable bonds is 7. The number of hydrogen-bond donors (Lipinski definition) is 2. The van der Waals surface area contributed by atoms with Crippen LogP contribution in [0.1, 0.15) is 48.8 Å². The second-order valence-electron chi connectivity index (χ2n) is 5.57. The molecule has 0 aromatic heterocycles. The van der Waals surface area contributed by atoms with Crippen LogP contribution in [0.3, 0.4) is 0 Å². The van der Waals surface area contributed by atoms with Crippen LogP contribution in [0.5, 0.6) is 0 Å². The molecule has 0 fully saturated rings. The smallest absolute Gasteiger partial charge is 0.407 e. The van der Waals surface area contributed by atoms with Crippen molar-refractivity contribution in [2.24, 2.45) is 5.73 Å². The monoisotopic (exact) mass is 290 g/mol. The predicted molar refractivity (Wildman–Crippen MR) is 79.7 cm³/mol. The molecule has 2 amide bonds. The molecule has 5 nitrogen and oxygen atoms in total. The summed E-state index contributed by atoms with van der Waals surface area (Å²) in [5.41, 5.74) is 8.67. The molecule has 0 atom stereocenters. The largest absolute Gasteiger partial charge is 0.465 e. The Balaban J connectivity index is 1.82. The molecule has 0 saturated heterocycles. The molecule has 114 valence electrons. The number of benzene rings is 1. The van der Waals surface area contributed by atoms with Crippen molar-refractivity contribution in [2.75, 3.05) is 0 Å². The molecule has 0 saturated carbocycles. The average molecular weight is 290 g/mol. The average Bonchev–Trinajstić information content (AvgIpc) is 2.87. The van der Waals surface area contributed by atoms with Crippen LogP contribution in [-0.4, -0.2) is 22.0 Å². The van der Waals surface area contributed by atoms with E-state index in [1.807, 2.05) is 12.1 Å². The van der Waals surface area contributed by atoms with Crippen LogP contribution in [0.25, 0.3) is 0 Å². The van der Waals surface area contributed by atoms with E-state index in [1.54, 1.807) is 0 Å². The van der Waals surface area contributed by atoms with Gasteiger partial charge >= 0.3 is 6.09 Å². The van der Waals surface area contributed by atoms with Gasteiger partial charge in [0.1, 0.15) is 0 Å². The molecule has 0 spiro atoms. The van der Waals surface area contributed by atoms with Crippen molar-refractivity contribution in [2.45, 2.75) is 51.6 Å². The highest BCUT2D eigenvalue weighted by atomic mass is 16.4. The maximum absolute atomic E-state index is 11.1. The maximum atomic E-state index is 11.1. The quantitative estimate of drug-likeness (QED) is 0.757. The van der Waals surface area contributed by atoms with Crippen molar-refractivity contribution in [3.8, 4) is 0 Å². The molecule has 0 bridgehead atoms. The summed E-state index contributed by atoms with van der Waals surface area (Å²) < 4.78 is 0. The number of primary amides is 1. The molecular formula is C16H22N2O3. The minimum Gasteiger partial charge on any atom is -0.465 e. The zero-order valence-corrected chi connectivity index (χ0v) is 12.2. The molecule has 5 heteroatoms. The second kappa shape index (κ2) is 7.11. The highest BCUT2D eigenvalue weighted by molar-refractivity contribution is 5.73. The van der Waals surface area contributed by atoms with E-state index in [4.69, 9.17) is 10.8 Å². The number of amides is 2. The Morgan fingerprint density at radius 1 is 1.14 bits per heavy atom. The molecule has 3 N–H and O–H groups in total. The van der Waals surface area contributed by atoms with E-state index in [-0.39, 0.29) is 5.91 Å². The Labute approximate surface area is 124 Å². The van der Waals surface area contributed by atoms with E-state index in [0.29, 0.717) is 19.5 Å². The second-order valence-corrected chi connectivity index (χ2v) is 5.57. The Bertz CT molecular complexity index is 528. The van der Waals surface area contributed by atoms with Gasteiger partial charge in [0.05, 0.1) is 0 Å². The van der Waals surface area contributed by atoms with Crippen LogP contribution >= 0.6 is 0 Å². The first-order chi connectivity index (χ1) is 10.1. The Kier molecular flexibility index (Phi) is 5.20. The summed E-state index contributed by atoms with van der Waals surface area (Å²) in [6, 6.07) is 6.11. The lowest BCUT2D eigenvalue weighted by Gasteiger charge is -2.10. The first kappa shape index (κ1) is 15.4. The first-order valence-electron chi connectivity index (χ1n) is 7.43. The minimum absolute atomic E-state index is 0.232. The zero-order valence-electron chi connectivity index (χ0n) is 12.2. The predicted octanol–water partition coefficient (Wildman–Crippen LogP) is 2.66. The summed E-state index contributed by atoms with van der Waals surface area (Å²) in [6.45, 7) is 1.000. The minimum atomic E-state index is -0.858. The molecule has 1 aromatic rings. The third-order valence-electron chi connectivity index (χ3n) is 3.97. The molecule has 21 heavy (non-hydrogen) atoms. The lowest BCUT2D eigenvalue weighted by atomic mass is 9.98. The molecule has 1 heterocycles. The molecule has 2 rings (SSSR count). The molecule has 1 aliphatic rings. The van der Waals surface area contributed by atoms with Gasteiger partial charge < -0.3 is 10.8 Å². The van der Waals surface area contributed by atoms with Crippen molar-refractivity contribution in [1.29, 1.82) is 0 Å². The number of fused-ring (bicyclic) bond motifs is 1. The molecule has 0 radical (unpaired) electrons. The van der Waals surface area contributed by atoms with E-state index < -0.39 is 6.09 Å². The summed E-state index contributed by atoms with van der Waals surface area (Å²) in [6.07, 6.45) is 4.57. The SMILES string of the molecule is NC(=O)CCCCCCc1cccc2c1CN(C(=O)O)C2. The summed E-state index contributed by atoms with van der Waals surface area (Å²) in [5.74, 6) is -0.232. The van der Waals surface area contributed by atoms with Crippen LogP contribution in [-0.2, 0) is 24.3 Å². The standard InChI is InChI=1S/C16H22N2O3/c17-15(19)9-4-2-1-3-6-12-7-5-8-13-10-18(16(20)21)11-14(12)13/h5,7-8H,1-4,6,9-11H2,(H2,17,19)(H,20,21). The summed E-state index contributed by atoms with van der Waals surface area (Å²) in [5, 5.41) is 9.08. The topological polar surface area (TPSA) is 83.6 Å². The maximum Gasteiger partial charge on any atom is 0.407 e. The van der Waals surface area contributed by atoms with Crippen molar-refractivity contribution in [3.05, 3.63) is 34.9 Å². The molecule has 0 aliphatic carbocycles. The lowest BCUT2D eigenvalue weighted by Crippen LogP contribution is -2.22. The highest BCUT2D eigenvalue weighted by Gasteiger charge is 2.24. The van der Waals surface area contributed by atoms with Gasteiger partial charge in [0.15, 0.2) is 0 Å². The Morgan fingerprint density at radius 3 is 2.62 bits per heavy atom. The molecular weight excluding hydrogens is 268 g/mol. The van der Waals surface area contributed by atoms with Crippen molar-refractivity contribution in [3.63, 3.8) is 0 Å². The van der Waals surface area contributed by atoms with Gasteiger partial charge in [0.25, 0.3) is 0 Å². The van der Waals surface area contributed by atoms with E-state index in [2.05, 4.69) is 6.07 Å². The van der Waals surface area contributed by atoms with E-state index in [0.717, 1.165) is 37.7 Å². The van der Waals surface area contributed by atoms with Crippen LogP contribution in [0.4, 0.5) is 4.79 Å². The number of hydrogen-bond acceptors (Lipinski definition) is 2. The third-order valence-corrected chi connectivity index (χ3v) is 3.97. The van der Waals surface area contributed by atoms with Gasteiger partial charge in [-0.15, -0.1) is 0 Å². The van der Waals surface area contributed by atoms with Gasteiger partial charge in [-0.2, -0.15) is 0 Å². The zero-order chi connectivity index (χ0) is 15.2. The summed E-state index contributed by atoms with van der Waals surface area (Å²) in [4.78, 5) is 23.1. The fourth-order valence-electron chi connectivity index (χ4n) is 2.83. The fourth-order valence-corrected chi connectivity index (χ4v) is 2.83. The number of carbonyl (C=O) groups is 2. The number of nitrogens with two attached hydrogens (primary N) is 1. The fraction of sp³-hybridized carbons (Fsp3) is 0.500. The number of nitrogens with zero attached hydrogens (tertiary/aromatic N) is 1. The van der Waals surface area contributed by atoms with Crippen molar-refractivity contribution >= 4 is 12.0 Å². The first-order valence-corrected chi connectivity index (χ1v) is 7.43. The van der Waals surface area contributed by atoms with Crippen LogP contribution in [0.15, 0.2) is 18.2 Å². The van der Waals surface area contributed by atoms with Gasteiger partial charge in [-0.3, -0.25) is 9.69 Å².